The van der Waals surface area contributed by atoms with Gasteiger partial charge >= 0.3 is 0 Å². The first-order valence-electron chi connectivity index (χ1n) is 9.11. The fourth-order valence-electron chi connectivity index (χ4n) is 2.51. The maximum atomic E-state index is 11.6. The second-order valence-electron chi connectivity index (χ2n) is 6.00. The minimum atomic E-state index is -3.15. The molecule has 9 heteroatoms. The number of hydrogen-bond acceptors (Lipinski definition) is 4. The number of guanidine groups is 1. The highest BCUT2D eigenvalue weighted by Crippen LogP contribution is 2.22. The first-order valence-corrected chi connectivity index (χ1v) is 11.3. The summed E-state index contributed by atoms with van der Waals surface area (Å²) in [6.07, 6.45) is 2.66. The quantitative estimate of drug-likeness (QED) is 0.326. The Labute approximate surface area is 168 Å². The summed E-state index contributed by atoms with van der Waals surface area (Å²) in [5.74, 6) is 1.45. The molecule has 0 atom stereocenters. The Morgan fingerprint density at radius 2 is 2.04 bits per heavy atom. The zero-order valence-corrected chi connectivity index (χ0v) is 18.2. The number of methoxy groups -OCH3 is 1. The number of sulfonamides is 1. The van der Waals surface area contributed by atoms with E-state index in [1.807, 2.05) is 26.0 Å². The molecule has 0 amide bonds. The van der Waals surface area contributed by atoms with E-state index in [2.05, 4.69) is 15.6 Å². The van der Waals surface area contributed by atoms with Crippen molar-refractivity contribution >= 4 is 27.6 Å². The monoisotopic (exact) mass is 418 g/mol. The maximum absolute atomic E-state index is 11.6. The van der Waals surface area contributed by atoms with E-state index in [0.29, 0.717) is 43.6 Å². The second kappa shape index (κ2) is 12.0. The van der Waals surface area contributed by atoms with Crippen LogP contribution in [0.4, 0.5) is 0 Å². The molecule has 0 aliphatic heterocycles. The molecular weight excluding hydrogens is 388 g/mol. The van der Waals surface area contributed by atoms with E-state index in [4.69, 9.17) is 16.3 Å². The molecule has 2 N–H and O–H groups in total. The summed E-state index contributed by atoms with van der Waals surface area (Å²) in [4.78, 5) is 4.50. The van der Waals surface area contributed by atoms with Crippen LogP contribution in [0.2, 0.25) is 5.02 Å². The van der Waals surface area contributed by atoms with Crippen LogP contribution in [0.15, 0.2) is 23.2 Å². The Hall–Kier alpha value is -1.51. The highest BCUT2D eigenvalue weighted by atomic mass is 35.5. The predicted molar refractivity (Wildman–Crippen MR) is 112 cm³/mol. The van der Waals surface area contributed by atoms with E-state index in [-0.39, 0.29) is 0 Å². The van der Waals surface area contributed by atoms with E-state index >= 15 is 0 Å². The highest BCUT2D eigenvalue weighted by molar-refractivity contribution is 7.88. The molecule has 27 heavy (non-hydrogen) atoms. The van der Waals surface area contributed by atoms with Gasteiger partial charge in [0.2, 0.25) is 10.0 Å². The van der Waals surface area contributed by atoms with Crippen LogP contribution in [0.1, 0.15) is 25.8 Å². The molecule has 0 heterocycles. The van der Waals surface area contributed by atoms with Crippen LogP contribution < -0.4 is 15.4 Å². The molecule has 0 radical (unpaired) electrons. The molecule has 0 aliphatic carbocycles. The minimum Gasteiger partial charge on any atom is -0.497 e. The smallest absolute Gasteiger partial charge is 0.211 e. The van der Waals surface area contributed by atoms with Crippen molar-refractivity contribution in [1.82, 2.24) is 14.9 Å². The molecule has 1 rings (SSSR count). The zero-order valence-electron chi connectivity index (χ0n) is 16.6. The van der Waals surface area contributed by atoms with Crippen LogP contribution in [0.3, 0.4) is 0 Å². The summed E-state index contributed by atoms with van der Waals surface area (Å²) in [6.45, 7) is 6.76. The molecular formula is C18H31ClN4O3S. The fourth-order valence-corrected chi connectivity index (χ4v) is 3.71. The molecule has 0 spiro atoms. The van der Waals surface area contributed by atoms with Gasteiger partial charge in [-0.25, -0.2) is 12.7 Å². The average molecular weight is 419 g/mol. The molecule has 0 aromatic heterocycles. The summed E-state index contributed by atoms with van der Waals surface area (Å²) < 4.78 is 29.8. The first-order chi connectivity index (χ1) is 12.8. The van der Waals surface area contributed by atoms with E-state index in [0.717, 1.165) is 24.3 Å². The summed E-state index contributed by atoms with van der Waals surface area (Å²) in [5.41, 5.74) is 1.03. The van der Waals surface area contributed by atoms with Crippen LogP contribution in [-0.2, 0) is 16.4 Å². The summed E-state index contributed by atoms with van der Waals surface area (Å²) in [7, 11) is -1.53. The van der Waals surface area contributed by atoms with Gasteiger partial charge < -0.3 is 15.4 Å². The van der Waals surface area contributed by atoms with Gasteiger partial charge in [0, 0.05) is 37.7 Å². The van der Waals surface area contributed by atoms with Crippen LogP contribution in [-0.4, -0.2) is 64.8 Å². The highest BCUT2D eigenvalue weighted by Gasteiger charge is 2.13. The molecule has 0 bridgehead atoms. The third kappa shape index (κ3) is 8.81. The molecule has 7 nitrogen and oxygen atoms in total. The minimum absolute atomic E-state index is 0.472. The summed E-state index contributed by atoms with van der Waals surface area (Å²) in [5, 5.41) is 7.14. The van der Waals surface area contributed by atoms with Gasteiger partial charge in [-0.05, 0) is 37.5 Å². The van der Waals surface area contributed by atoms with E-state index in [1.165, 1.54) is 10.6 Å². The molecule has 154 valence electrons. The van der Waals surface area contributed by atoms with Crippen molar-refractivity contribution in [3.63, 3.8) is 0 Å². The Balaban J connectivity index is 2.50. The largest absolute Gasteiger partial charge is 0.497 e. The Bertz CT molecular complexity index is 711. The van der Waals surface area contributed by atoms with Gasteiger partial charge in [-0.3, -0.25) is 4.99 Å². The Kier molecular flexibility index (Phi) is 10.5. The maximum Gasteiger partial charge on any atom is 0.211 e. The molecule has 1 aromatic carbocycles. The molecule has 0 saturated carbocycles. The van der Waals surface area contributed by atoms with Crippen molar-refractivity contribution in [1.29, 1.82) is 0 Å². The third-order valence-corrected chi connectivity index (χ3v) is 5.68. The molecule has 0 fully saturated rings. The zero-order chi connectivity index (χ0) is 20.3. The van der Waals surface area contributed by atoms with Crippen molar-refractivity contribution in [3.05, 3.63) is 28.8 Å². The van der Waals surface area contributed by atoms with Crippen molar-refractivity contribution in [3.8, 4) is 5.75 Å². The van der Waals surface area contributed by atoms with Gasteiger partial charge in [-0.2, -0.15) is 0 Å². The van der Waals surface area contributed by atoms with Crippen LogP contribution in [0.5, 0.6) is 5.75 Å². The molecule has 1 aromatic rings. The van der Waals surface area contributed by atoms with Crippen LogP contribution in [0.25, 0.3) is 0 Å². The van der Waals surface area contributed by atoms with Gasteiger partial charge in [-0.15, -0.1) is 0 Å². The van der Waals surface area contributed by atoms with E-state index in [9.17, 15) is 8.42 Å². The van der Waals surface area contributed by atoms with Crippen LogP contribution >= 0.6 is 11.6 Å². The average Bonchev–Trinajstić information content (AvgIpc) is 2.61. The Morgan fingerprint density at radius 3 is 2.59 bits per heavy atom. The lowest BCUT2D eigenvalue weighted by atomic mass is 10.1. The fraction of sp³-hybridized carbons (Fsp3) is 0.611. The normalized spacial score (nSPS) is 12.3. The number of benzene rings is 1. The van der Waals surface area contributed by atoms with Crippen molar-refractivity contribution < 1.29 is 13.2 Å². The van der Waals surface area contributed by atoms with Crippen molar-refractivity contribution in [2.75, 3.05) is 46.1 Å². The van der Waals surface area contributed by atoms with Crippen molar-refractivity contribution in [2.24, 2.45) is 4.99 Å². The standard InChI is InChI=1S/C18H31ClN4O3S/c1-5-20-18(21-11-7-13-23(6-2)27(4,24)25)22-12-10-15-8-9-16(26-3)14-17(15)19/h8-9,14H,5-7,10-13H2,1-4H3,(H2,20,21,22). The lowest BCUT2D eigenvalue weighted by Gasteiger charge is -2.17. The van der Waals surface area contributed by atoms with Gasteiger partial charge in [0.05, 0.1) is 13.4 Å². The molecule has 0 unspecified atom stereocenters. The molecule has 0 aliphatic rings. The van der Waals surface area contributed by atoms with Gasteiger partial charge in [0.1, 0.15) is 5.75 Å². The number of aliphatic imine (C=N–C) groups is 1. The van der Waals surface area contributed by atoms with Crippen molar-refractivity contribution in [2.45, 2.75) is 26.7 Å². The SMILES string of the molecule is CCNC(=NCCCN(CC)S(C)(=O)=O)NCCc1ccc(OC)cc1Cl. The number of nitrogens with zero attached hydrogens (tertiary/aromatic N) is 2. The van der Waals surface area contributed by atoms with E-state index in [1.54, 1.807) is 13.2 Å². The number of hydrogen-bond donors (Lipinski definition) is 2. The number of rotatable bonds is 11. The van der Waals surface area contributed by atoms with Crippen LogP contribution in [0, 0.1) is 0 Å². The first kappa shape index (κ1) is 23.5. The van der Waals surface area contributed by atoms with Gasteiger partial charge in [0.25, 0.3) is 0 Å². The number of halogens is 1. The summed E-state index contributed by atoms with van der Waals surface area (Å²) >= 11 is 6.26. The number of ether oxygens (including phenoxy) is 1. The van der Waals surface area contributed by atoms with Gasteiger partial charge in [-0.1, -0.05) is 24.6 Å². The lowest BCUT2D eigenvalue weighted by molar-refractivity contribution is 0.414. The van der Waals surface area contributed by atoms with Gasteiger partial charge in [0.15, 0.2) is 5.96 Å². The lowest BCUT2D eigenvalue weighted by Crippen LogP contribution is -2.38. The molecule has 0 saturated heterocycles. The second-order valence-corrected chi connectivity index (χ2v) is 8.39. The third-order valence-electron chi connectivity index (χ3n) is 3.95. The van der Waals surface area contributed by atoms with E-state index < -0.39 is 10.0 Å². The Morgan fingerprint density at radius 1 is 1.30 bits per heavy atom. The number of nitrogens with one attached hydrogen (secondary N) is 2. The predicted octanol–water partition coefficient (Wildman–Crippen LogP) is 2.12. The summed E-state index contributed by atoms with van der Waals surface area (Å²) in [6, 6.07) is 5.65. The topological polar surface area (TPSA) is 83.0 Å².